The molecule has 1 saturated heterocycles. The molecule has 0 bridgehead atoms. The Balaban J connectivity index is 1.88. The van der Waals surface area contributed by atoms with Gasteiger partial charge in [-0.2, -0.15) is 0 Å². The maximum absolute atomic E-state index is 2.55. The van der Waals surface area contributed by atoms with Crippen molar-refractivity contribution in [2.24, 2.45) is 5.92 Å². The van der Waals surface area contributed by atoms with E-state index < -0.39 is 7.26 Å². The highest BCUT2D eigenvalue weighted by molar-refractivity contribution is 7.74. The van der Waals surface area contributed by atoms with Crippen LogP contribution in [0.25, 0.3) is 0 Å². The van der Waals surface area contributed by atoms with Crippen LogP contribution in [0.1, 0.15) is 64.7 Å². The van der Waals surface area contributed by atoms with Gasteiger partial charge in [0.15, 0.2) is 0 Å². The zero-order valence-electron chi connectivity index (χ0n) is 11.8. The first-order valence-electron chi connectivity index (χ1n) is 7.46. The predicted molar refractivity (Wildman–Crippen MR) is 79.2 cm³/mol. The first-order chi connectivity index (χ1) is 7.64. The van der Waals surface area contributed by atoms with Crippen LogP contribution in [0.3, 0.4) is 0 Å². The van der Waals surface area contributed by atoms with Gasteiger partial charge in [-0.1, -0.05) is 51.9 Å². The quantitative estimate of drug-likeness (QED) is 0.394. The molecular formula is C15H32P+. The van der Waals surface area contributed by atoms with Gasteiger partial charge in [-0.25, -0.2) is 0 Å². The standard InChI is InChI=1S/C15H32P/c1-4-5-6-7-8-9-10-11-15-12-13-16(2,3)14-15/h15H,4-14H2,1-3H3/q+1. The van der Waals surface area contributed by atoms with E-state index in [0.717, 1.165) is 5.92 Å². The lowest BCUT2D eigenvalue weighted by atomic mass is 10.00. The van der Waals surface area contributed by atoms with E-state index in [2.05, 4.69) is 20.3 Å². The average Bonchev–Trinajstić information content (AvgIpc) is 2.57. The Morgan fingerprint density at radius 2 is 1.56 bits per heavy atom. The number of unbranched alkanes of at least 4 members (excludes halogenated alkanes) is 6. The van der Waals surface area contributed by atoms with Gasteiger partial charge in [0.05, 0.1) is 12.3 Å². The van der Waals surface area contributed by atoms with Crippen LogP contribution in [0.4, 0.5) is 0 Å². The molecule has 0 aromatic rings. The first-order valence-corrected chi connectivity index (χ1v) is 10.5. The molecule has 1 atom stereocenters. The maximum Gasteiger partial charge on any atom is 0.0618 e. The lowest BCUT2D eigenvalue weighted by Gasteiger charge is -2.10. The molecule has 1 rings (SSSR count). The molecule has 0 radical (unpaired) electrons. The highest BCUT2D eigenvalue weighted by Gasteiger charge is 2.36. The van der Waals surface area contributed by atoms with Crippen molar-refractivity contribution < 1.29 is 0 Å². The summed E-state index contributed by atoms with van der Waals surface area (Å²) >= 11 is 0. The fourth-order valence-electron chi connectivity index (χ4n) is 3.04. The molecule has 0 aromatic carbocycles. The van der Waals surface area contributed by atoms with Gasteiger partial charge < -0.3 is 0 Å². The molecule has 16 heavy (non-hydrogen) atoms. The zero-order valence-corrected chi connectivity index (χ0v) is 12.7. The lowest BCUT2D eigenvalue weighted by molar-refractivity contribution is 0.489. The van der Waals surface area contributed by atoms with E-state index in [1.165, 1.54) is 51.4 Å². The van der Waals surface area contributed by atoms with Gasteiger partial charge in [0.2, 0.25) is 0 Å². The van der Waals surface area contributed by atoms with Crippen molar-refractivity contribution in [2.45, 2.75) is 64.7 Å². The van der Waals surface area contributed by atoms with Crippen LogP contribution in [0, 0.1) is 5.92 Å². The Bertz CT molecular complexity index is 174. The summed E-state index contributed by atoms with van der Waals surface area (Å²) in [6.45, 7) is 7.40. The third-order valence-corrected chi connectivity index (χ3v) is 7.08. The van der Waals surface area contributed by atoms with Crippen molar-refractivity contribution in [1.29, 1.82) is 0 Å². The monoisotopic (exact) mass is 243 g/mol. The molecule has 1 heteroatoms. The Kier molecular flexibility index (Phi) is 6.97. The molecule has 0 aliphatic carbocycles. The van der Waals surface area contributed by atoms with Gasteiger partial charge in [-0.05, 0) is 18.8 Å². The summed E-state index contributed by atoms with van der Waals surface area (Å²) in [6, 6.07) is 0. The van der Waals surface area contributed by atoms with Crippen LogP contribution >= 0.6 is 7.26 Å². The normalized spacial score (nSPS) is 23.8. The fraction of sp³-hybridized carbons (Fsp3) is 1.00. The number of hydrogen-bond donors (Lipinski definition) is 0. The third-order valence-electron chi connectivity index (χ3n) is 4.11. The molecule has 1 heterocycles. The summed E-state index contributed by atoms with van der Waals surface area (Å²) in [5.74, 6) is 1.11. The van der Waals surface area contributed by atoms with E-state index in [0.29, 0.717) is 0 Å². The van der Waals surface area contributed by atoms with Crippen LogP contribution < -0.4 is 0 Å². The van der Waals surface area contributed by atoms with E-state index in [-0.39, 0.29) is 0 Å². The van der Waals surface area contributed by atoms with Crippen LogP contribution in [0.15, 0.2) is 0 Å². The summed E-state index contributed by atoms with van der Waals surface area (Å²) < 4.78 is 0. The second-order valence-corrected chi connectivity index (χ2v) is 11.1. The van der Waals surface area contributed by atoms with Crippen molar-refractivity contribution in [2.75, 3.05) is 25.7 Å². The van der Waals surface area contributed by atoms with Crippen LogP contribution in [-0.2, 0) is 0 Å². The largest absolute Gasteiger partial charge is 0.0654 e. The summed E-state index contributed by atoms with van der Waals surface area (Å²) in [5.41, 5.74) is 0. The van der Waals surface area contributed by atoms with Crippen molar-refractivity contribution in [3.05, 3.63) is 0 Å². The van der Waals surface area contributed by atoms with Crippen LogP contribution in [-0.4, -0.2) is 25.7 Å². The Morgan fingerprint density at radius 3 is 2.12 bits per heavy atom. The first kappa shape index (κ1) is 14.5. The van der Waals surface area contributed by atoms with Gasteiger partial charge in [0.1, 0.15) is 0 Å². The number of hydrogen-bond acceptors (Lipinski definition) is 0. The van der Waals surface area contributed by atoms with E-state index >= 15 is 0 Å². The van der Waals surface area contributed by atoms with Gasteiger partial charge in [-0.3, -0.25) is 0 Å². The smallest absolute Gasteiger partial charge is 0.0618 e. The summed E-state index contributed by atoms with van der Waals surface area (Å²) in [6.07, 6.45) is 16.5. The van der Waals surface area contributed by atoms with Crippen molar-refractivity contribution in [3.63, 3.8) is 0 Å². The van der Waals surface area contributed by atoms with Gasteiger partial charge >= 0.3 is 0 Å². The van der Waals surface area contributed by atoms with Crippen molar-refractivity contribution in [1.82, 2.24) is 0 Å². The third kappa shape index (κ3) is 6.24. The number of rotatable bonds is 8. The molecule has 0 N–H and O–H groups in total. The molecular weight excluding hydrogens is 211 g/mol. The van der Waals surface area contributed by atoms with Gasteiger partial charge in [0, 0.05) is 20.6 Å². The second kappa shape index (κ2) is 7.70. The molecule has 0 aromatic heterocycles. The van der Waals surface area contributed by atoms with Gasteiger partial charge in [-0.15, -0.1) is 0 Å². The summed E-state index contributed by atoms with van der Waals surface area (Å²) in [4.78, 5) is 0. The highest BCUT2D eigenvalue weighted by atomic mass is 31.2. The lowest BCUT2D eigenvalue weighted by Crippen LogP contribution is -1.99. The van der Waals surface area contributed by atoms with Crippen LogP contribution in [0.2, 0.25) is 0 Å². The summed E-state index contributed by atoms with van der Waals surface area (Å²) in [5, 5.41) is 0. The highest BCUT2D eigenvalue weighted by Crippen LogP contribution is 2.59. The summed E-state index contributed by atoms with van der Waals surface area (Å²) in [7, 11) is -0.420. The SMILES string of the molecule is CCCCCCCCCC1CC[P+](C)(C)C1. The minimum atomic E-state index is -0.420. The van der Waals surface area contributed by atoms with Crippen LogP contribution in [0.5, 0.6) is 0 Å². The molecule has 0 amide bonds. The Hall–Kier alpha value is 0.430. The molecule has 0 nitrogen and oxygen atoms in total. The minimum absolute atomic E-state index is 0.420. The second-order valence-electron chi connectivity index (χ2n) is 6.41. The molecule has 96 valence electrons. The molecule has 1 unspecified atom stereocenters. The van der Waals surface area contributed by atoms with E-state index in [1.807, 2.05) is 0 Å². The minimum Gasteiger partial charge on any atom is -0.0654 e. The van der Waals surface area contributed by atoms with Crippen molar-refractivity contribution in [3.8, 4) is 0 Å². The van der Waals surface area contributed by atoms with Crippen molar-refractivity contribution >= 4 is 7.26 Å². The van der Waals surface area contributed by atoms with Gasteiger partial charge in [0.25, 0.3) is 0 Å². The molecule has 0 spiro atoms. The topological polar surface area (TPSA) is 0 Å². The predicted octanol–water partition coefficient (Wildman–Crippen LogP) is 5.42. The molecule has 1 aliphatic heterocycles. The fourth-order valence-corrected chi connectivity index (χ4v) is 6.05. The molecule has 1 fully saturated rings. The van der Waals surface area contributed by atoms with E-state index in [4.69, 9.17) is 0 Å². The van der Waals surface area contributed by atoms with E-state index in [1.54, 1.807) is 18.7 Å². The average molecular weight is 243 g/mol. The Morgan fingerprint density at radius 1 is 0.938 bits per heavy atom. The zero-order chi connectivity index (χ0) is 11.9. The maximum atomic E-state index is 2.55. The Labute approximate surface area is 104 Å². The molecule has 1 aliphatic rings. The molecule has 0 saturated carbocycles. The van der Waals surface area contributed by atoms with E-state index in [9.17, 15) is 0 Å².